The predicted octanol–water partition coefficient (Wildman–Crippen LogP) is 10.6. The van der Waals surface area contributed by atoms with E-state index in [0.29, 0.717) is 55.0 Å². The third kappa shape index (κ3) is 22.8. The van der Waals surface area contributed by atoms with Gasteiger partial charge in [-0.15, -0.1) is 0 Å². The third-order valence-corrected chi connectivity index (χ3v) is 15.3. The number of nitrogen functional groups attached to an aromatic ring is 1. The lowest BCUT2D eigenvalue weighted by molar-refractivity contribution is -0.108. The van der Waals surface area contributed by atoms with Gasteiger partial charge in [0, 0.05) is 34.4 Å². The number of aldehydes is 1. The van der Waals surface area contributed by atoms with Crippen molar-refractivity contribution in [3.63, 3.8) is 0 Å². The molecule has 0 saturated heterocycles. The van der Waals surface area contributed by atoms with E-state index in [1.165, 1.54) is 25.0 Å². The summed E-state index contributed by atoms with van der Waals surface area (Å²) in [7, 11) is -6.95. The highest BCUT2D eigenvalue weighted by Crippen LogP contribution is 2.35. The molecule has 2 aliphatic carbocycles. The van der Waals surface area contributed by atoms with Gasteiger partial charge in [-0.25, -0.2) is 21.2 Å². The van der Waals surface area contributed by atoms with E-state index in [-0.39, 0.29) is 44.4 Å². The maximum absolute atomic E-state index is 13.8. The van der Waals surface area contributed by atoms with Gasteiger partial charge in [-0.3, -0.25) is 9.59 Å². The number of nitrogens with two attached hydrogens (primary N) is 1. The average Bonchev–Trinajstić information content (AvgIpc) is 4.18. The van der Waals surface area contributed by atoms with Gasteiger partial charge >= 0.3 is 0 Å². The summed E-state index contributed by atoms with van der Waals surface area (Å²) >= 11 is 2.34. The normalized spacial score (nSPS) is 13.8. The highest BCUT2D eigenvalue weighted by Gasteiger charge is 2.30. The van der Waals surface area contributed by atoms with Crippen molar-refractivity contribution in [3.05, 3.63) is 111 Å². The van der Waals surface area contributed by atoms with Gasteiger partial charge in [0.25, 0.3) is 11.1 Å². The van der Waals surface area contributed by atoms with Crippen LogP contribution in [0, 0.1) is 35.4 Å². The summed E-state index contributed by atoms with van der Waals surface area (Å²) < 4.78 is 77.4. The molecule has 2 fully saturated rings. The number of rotatable bonds is 22. The van der Waals surface area contributed by atoms with Crippen molar-refractivity contribution in [2.45, 2.75) is 139 Å². The van der Waals surface area contributed by atoms with Crippen LogP contribution in [-0.2, 0) is 30.9 Å². The minimum Gasteiger partial charge on any atom is -0.493 e. The minimum atomic E-state index is -3.55. The first-order valence-electron chi connectivity index (χ1n) is 23.2. The molecule has 0 aliphatic heterocycles. The molecule has 0 bridgehead atoms. The number of ether oxygens (including phenoxy) is 2. The number of H-pyrrole nitrogens is 2. The number of carbonyl (C=O) groups excluding carboxylic acids is 1. The summed E-state index contributed by atoms with van der Waals surface area (Å²) in [6, 6.07) is 15.9. The molecule has 4 N–H and O–H groups in total. The number of anilines is 1. The Morgan fingerprint density at radius 1 is 0.746 bits per heavy atom. The number of hydrogen-bond donors (Lipinski definition) is 3. The van der Waals surface area contributed by atoms with Crippen LogP contribution in [0.1, 0.15) is 123 Å². The molecule has 2 aromatic heterocycles. The van der Waals surface area contributed by atoms with Crippen LogP contribution in [0.2, 0.25) is 0 Å². The number of aryl methyl sites for hydroxylation is 2. The largest absolute Gasteiger partial charge is 0.493 e. The molecule has 12 nitrogen and oxygen atoms in total. The lowest BCUT2D eigenvalue weighted by atomic mass is 9.89. The van der Waals surface area contributed by atoms with Gasteiger partial charge in [0.15, 0.2) is 31.2 Å². The van der Waals surface area contributed by atoms with Crippen molar-refractivity contribution < 1.29 is 35.5 Å². The zero-order chi connectivity index (χ0) is 49.8. The van der Waals surface area contributed by atoms with Crippen LogP contribution >= 0.6 is 22.6 Å². The fraction of sp³-hybridized carbons (Fsp3) is 0.549. The molecule has 0 atom stereocenters. The maximum Gasteiger partial charge on any atom is 0.271 e. The fourth-order valence-electron chi connectivity index (χ4n) is 6.89. The van der Waals surface area contributed by atoms with Crippen LogP contribution in [-0.4, -0.2) is 61.7 Å². The zero-order valence-electron chi connectivity index (χ0n) is 40.4. The van der Waals surface area contributed by atoms with E-state index in [0.717, 1.165) is 72.3 Å². The topological polar surface area (TPSA) is 196 Å². The molecule has 0 amide bonds. The number of aromatic nitrogens is 2. The highest BCUT2D eigenvalue weighted by molar-refractivity contribution is 14.1. The van der Waals surface area contributed by atoms with Crippen molar-refractivity contribution in [2.24, 2.45) is 22.7 Å². The minimum absolute atomic E-state index is 0.00161. The second kappa shape index (κ2) is 27.2. The van der Waals surface area contributed by atoms with E-state index in [9.17, 15) is 35.6 Å². The van der Waals surface area contributed by atoms with Crippen LogP contribution in [0.25, 0.3) is 0 Å². The van der Waals surface area contributed by atoms with E-state index < -0.39 is 30.9 Å². The van der Waals surface area contributed by atoms with E-state index in [1.807, 2.05) is 52.8 Å². The number of alkyl halides is 1. The van der Waals surface area contributed by atoms with Gasteiger partial charge in [-0.05, 0) is 135 Å². The standard InChI is InChI=1S/C25H35NO4S.C18H25FO4S.C5H6N2O.C3H7I/c1-19-10-13-22(16-23(19)30-17-20-11-12-20)31(28,29)18-25(2,3)14-6-4-5-8-21-9-7-15-26-24(21)27;1-18(2,9-3-4-10-20)13-24(21,22)15-7-8-16(19)17(11-15)23-12-14-5-6-14;6-4-2-1-3-7-5(4)8;1-3(2)4/h7,9-10,13,15-16,20H,4-6,8,11-12,14,17-18H2,1-3H3,(H,26,27);7-8,10-11,14H,3-6,9,12-13H2,1-2H3;1-3H,6H2,(H,7,8);3H,1-2H3. The Hall–Kier alpha value is -4.03. The molecule has 2 aromatic carbocycles. The molecule has 0 spiro atoms. The molecule has 2 saturated carbocycles. The van der Waals surface area contributed by atoms with E-state index in [1.54, 1.807) is 36.7 Å². The first-order chi connectivity index (χ1) is 31.4. The predicted molar refractivity (Wildman–Crippen MR) is 275 cm³/mol. The molecule has 16 heteroatoms. The van der Waals surface area contributed by atoms with Crippen molar-refractivity contribution in [1.82, 2.24) is 9.97 Å². The second-order valence-electron chi connectivity index (χ2n) is 19.5. The van der Waals surface area contributed by atoms with Crippen LogP contribution in [0.3, 0.4) is 0 Å². The Kier molecular flexibility index (Phi) is 23.3. The molecule has 6 rings (SSSR count). The molecule has 0 radical (unpaired) electrons. The molecular formula is C51H73FIN3O9S2. The van der Waals surface area contributed by atoms with Gasteiger partial charge in [-0.1, -0.05) is 89.1 Å². The summed E-state index contributed by atoms with van der Waals surface area (Å²) in [5.41, 5.74) is 6.19. The van der Waals surface area contributed by atoms with Crippen LogP contribution < -0.4 is 26.3 Å². The fourth-order valence-corrected chi connectivity index (χ4v) is 10.7. The van der Waals surface area contributed by atoms with Gasteiger partial charge in [0.05, 0.1) is 40.2 Å². The van der Waals surface area contributed by atoms with E-state index in [2.05, 4.69) is 46.4 Å². The van der Waals surface area contributed by atoms with Gasteiger partial charge in [0.1, 0.15) is 12.0 Å². The van der Waals surface area contributed by atoms with Crippen molar-refractivity contribution in [3.8, 4) is 11.5 Å². The molecule has 0 unspecified atom stereocenters. The van der Waals surface area contributed by atoms with Crippen molar-refractivity contribution >= 4 is 54.2 Å². The molecule has 67 heavy (non-hydrogen) atoms. The number of sulfone groups is 2. The quantitative estimate of drug-likeness (QED) is 0.0224. The van der Waals surface area contributed by atoms with Gasteiger partial charge in [-0.2, -0.15) is 0 Å². The van der Waals surface area contributed by atoms with E-state index >= 15 is 0 Å². The van der Waals surface area contributed by atoms with E-state index in [4.69, 9.17) is 15.2 Å². The number of nitrogens with one attached hydrogen (secondary N) is 2. The third-order valence-electron chi connectivity index (χ3n) is 11.0. The SMILES string of the molecule is CC(C)(CCCC=O)CS(=O)(=O)c1ccc(F)c(OCC2CC2)c1.CC(C)I.Cc1ccc(S(=O)(=O)CC(C)(C)CCCCCc2ccc[nH]c2=O)cc1OCC1CC1.Nc1ccc[nH]c1=O. The zero-order valence-corrected chi connectivity index (χ0v) is 44.2. The second-order valence-corrected chi connectivity index (χ2v) is 26.0. The Morgan fingerprint density at radius 2 is 1.24 bits per heavy atom. The molecule has 2 heterocycles. The first-order valence-corrected chi connectivity index (χ1v) is 27.8. The lowest BCUT2D eigenvalue weighted by Crippen LogP contribution is -2.24. The lowest BCUT2D eigenvalue weighted by Gasteiger charge is -2.24. The Bertz CT molecular complexity index is 2500. The van der Waals surface area contributed by atoms with Gasteiger partial charge < -0.3 is 30.0 Å². The van der Waals surface area contributed by atoms with Crippen molar-refractivity contribution in [1.29, 1.82) is 0 Å². The number of hydrogen-bond acceptors (Lipinski definition) is 10. The smallest absolute Gasteiger partial charge is 0.271 e. The number of carbonyl (C=O) groups is 1. The summed E-state index contributed by atoms with van der Waals surface area (Å²) in [6.07, 6.45) is 14.7. The highest BCUT2D eigenvalue weighted by atomic mass is 127. The number of benzene rings is 2. The summed E-state index contributed by atoms with van der Waals surface area (Å²) in [4.78, 5) is 38.1. The van der Waals surface area contributed by atoms with Gasteiger partial charge in [0.2, 0.25) is 0 Å². The summed E-state index contributed by atoms with van der Waals surface area (Å²) in [6.45, 7) is 15.1. The molecule has 372 valence electrons. The molecular weight excluding hydrogens is 1010 g/mol. The molecule has 4 aromatic rings. The summed E-state index contributed by atoms with van der Waals surface area (Å²) in [5.74, 6) is 1.29. The monoisotopic (exact) mass is 1080 g/mol. The van der Waals surface area contributed by atoms with Crippen molar-refractivity contribution in [2.75, 3.05) is 30.5 Å². The maximum atomic E-state index is 13.8. The Morgan fingerprint density at radius 3 is 1.73 bits per heavy atom. The number of unbranched alkanes of at least 4 members (excludes halogenated alkanes) is 3. The van der Waals surface area contributed by atoms with Crippen LogP contribution in [0.15, 0.2) is 92.4 Å². The molecule has 2 aliphatic rings. The first kappa shape index (κ1) is 57.3. The summed E-state index contributed by atoms with van der Waals surface area (Å²) in [5, 5.41) is 0. The Balaban J connectivity index is 0.000000290. The van der Waals surface area contributed by atoms with Crippen LogP contribution in [0.5, 0.6) is 11.5 Å². The average molecular weight is 1080 g/mol. The number of halogens is 2. The Labute approximate surface area is 411 Å². The van der Waals surface area contributed by atoms with Crippen LogP contribution in [0.4, 0.5) is 10.1 Å². The number of pyridine rings is 2. The number of aromatic amines is 2.